The predicted octanol–water partition coefficient (Wildman–Crippen LogP) is 1.63. The van der Waals surface area contributed by atoms with Crippen LogP contribution in [0.1, 0.15) is 25.3 Å². The Morgan fingerprint density at radius 2 is 2.00 bits per heavy atom. The number of rotatable bonds is 3. The first-order valence-electron chi connectivity index (χ1n) is 4.71. The lowest BCUT2D eigenvalue weighted by Gasteiger charge is -2.11. The van der Waals surface area contributed by atoms with Crippen molar-refractivity contribution in [1.82, 2.24) is 5.32 Å². The molecular formula is C11H15NO2. The zero-order valence-corrected chi connectivity index (χ0v) is 8.45. The number of benzene rings is 1. The summed E-state index contributed by atoms with van der Waals surface area (Å²) in [6, 6.07) is 6.70. The van der Waals surface area contributed by atoms with Crippen LogP contribution >= 0.6 is 0 Å². The summed E-state index contributed by atoms with van der Waals surface area (Å²) in [5.74, 6) is 0.0607. The molecule has 1 rings (SSSR count). The number of likely N-dealkylation sites (N-methyl/N-ethyl adjacent to an activating group) is 1. The summed E-state index contributed by atoms with van der Waals surface area (Å²) in [4.78, 5) is 11.5. The van der Waals surface area contributed by atoms with E-state index in [1.165, 1.54) is 0 Å². The van der Waals surface area contributed by atoms with Gasteiger partial charge in [0.15, 0.2) is 0 Å². The monoisotopic (exact) mass is 193 g/mol. The quantitative estimate of drug-likeness (QED) is 0.766. The molecule has 1 aromatic rings. The van der Waals surface area contributed by atoms with E-state index in [2.05, 4.69) is 5.32 Å². The third-order valence-corrected chi connectivity index (χ3v) is 2.14. The summed E-state index contributed by atoms with van der Waals surface area (Å²) in [7, 11) is 0. The van der Waals surface area contributed by atoms with Gasteiger partial charge in [0.25, 0.3) is 0 Å². The van der Waals surface area contributed by atoms with E-state index < -0.39 is 0 Å². The number of hydrogen-bond donors (Lipinski definition) is 2. The second-order valence-corrected chi connectivity index (χ2v) is 3.21. The summed E-state index contributed by atoms with van der Waals surface area (Å²) < 4.78 is 0. The van der Waals surface area contributed by atoms with Crippen LogP contribution in [-0.2, 0) is 4.79 Å². The lowest BCUT2D eigenvalue weighted by Crippen LogP contribution is -2.27. The fraction of sp³-hybridized carbons (Fsp3) is 0.364. The normalized spacial score (nSPS) is 12.1. The molecule has 0 saturated carbocycles. The Labute approximate surface area is 83.8 Å². The van der Waals surface area contributed by atoms with Gasteiger partial charge in [-0.1, -0.05) is 12.1 Å². The van der Waals surface area contributed by atoms with Crippen molar-refractivity contribution in [2.45, 2.75) is 19.8 Å². The van der Waals surface area contributed by atoms with Crippen molar-refractivity contribution in [3.05, 3.63) is 29.8 Å². The fourth-order valence-electron chi connectivity index (χ4n) is 1.24. The van der Waals surface area contributed by atoms with Crippen molar-refractivity contribution in [3.8, 4) is 5.75 Å². The molecule has 0 unspecified atom stereocenters. The van der Waals surface area contributed by atoms with Gasteiger partial charge in [0, 0.05) is 6.54 Å². The van der Waals surface area contributed by atoms with Crippen LogP contribution in [0.3, 0.4) is 0 Å². The molecule has 3 heteroatoms. The SMILES string of the molecule is CCNC(=O)[C@H](C)c1ccc(O)cc1. The van der Waals surface area contributed by atoms with Crippen LogP contribution in [0.2, 0.25) is 0 Å². The molecule has 0 aliphatic carbocycles. The number of phenolic OH excluding ortho intramolecular Hbond substituents is 1. The molecular weight excluding hydrogens is 178 g/mol. The highest BCUT2D eigenvalue weighted by Crippen LogP contribution is 2.18. The minimum Gasteiger partial charge on any atom is -0.508 e. The number of carbonyl (C=O) groups is 1. The predicted molar refractivity (Wildman–Crippen MR) is 55.2 cm³/mol. The van der Waals surface area contributed by atoms with Crippen LogP contribution in [0.5, 0.6) is 5.75 Å². The Bertz CT molecular complexity index is 306. The molecule has 0 spiro atoms. The highest BCUT2D eigenvalue weighted by molar-refractivity contribution is 5.83. The smallest absolute Gasteiger partial charge is 0.227 e. The summed E-state index contributed by atoms with van der Waals surface area (Å²) in [5, 5.41) is 11.8. The molecule has 0 radical (unpaired) electrons. The second-order valence-electron chi connectivity index (χ2n) is 3.21. The second kappa shape index (κ2) is 4.65. The summed E-state index contributed by atoms with van der Waals surface area (Å²) in [5.41, 5.74) is 0.911. The number of aromatic hydroxyl groups is 1. The van der Waals surface area contributed by atoms with Gasteiger partial charge < -0.3 is 10.4 Å². The van der Waals surface area contributed by atoms with E-state index in [-0.39, 0.29) is 17.6 Å². The summed E-state index contributed by atoms with van der Waals surface area (Å²) in [6.45, 7) is 4.38. The standard InChI is InChI=1S/C11H15NO2/c1-3-12-11(14)8(2)9-4-6-10(13)7-5-9/h4-8,13H,3H2,1-2H3,(H,12,14)/t8-/m1/s1. The number of phenols is 1. The minimum atomic E-state index is -0.171. The first-order chi connectivity index (χ1) is 6.65. The average Bonchev–Trinajstić information content (AvgIpc) is 2.18. The molecule has 0 aromatic heterocycles. The van der Waals surface area contributed by atoms with Crippen molar-refractivity contribution in [2.24, 2.45) is 0 Å². The van der Waals surface area contributed by atoms with Crippen LogP contribution in [0.15, 0.2) is 24.3 Å². The van der Waals surface area contributed by atoms with E-state index in [9.17, 15) is 4.79 Å². The minimum absolute atomic E-state index is 0.0122. The van der Waals surface area contributed by atoms with E-state index in [1.807, 2.05) is 13.8 Å². The van der Waals surface area contributed by atoms with Gasteiger partial charge >= 0.3 is 0 Å². The third kappa shape index (κ3) is 2.49. The number of hydrogen-bond acceptors (Lipinski definition) is 2. The molecule has 0 saturated heterocycles. The van der Waals surface area contributed by atoms with Crippen molar-refractivity contribution in [3.63, 3.8) is 0 Å². The molecule has 14 heavy (non-hydrogen) atoms. The Hall–Kier alpha value is -1.51. The van der Waals surface area contributed by atoms with Gasteiger partial charge in [-0.05, 0) is 31.5 Å². The van der Waals surface area contributed by atoms with Gasteiger partial charge in [0.1, 0.15) is 5.75 Å². The van der Waals surface area contributed by atoms with Crippen molar-refractivity contribution in [2.75, 3.05) is 6.54 Å². The van der Waals surface area contributed by atoms with Gasteiger partial charge in [-0.3, -0.25) is 4.79 Å². The molecule has 1 amide bonds. The Morgan fingerprint density at radius 1 is 1.43 bits per heavy atom. The first kappa shape index (κ1) is 10.6. The van der Waals surface area contributed by atoms with Crippen molar-refractivity contribution >= 4 is 5.91 Å². The van der Waals surface area contributed by atoms with E-state index in [0.29, 0.717) is 6.54 Å². The third-order valence-electron chi connectivity index (χ3n) is 2.14. The van der Waals surface area contributed by atoms with E-state index in [1.54, 1.807) is 24.3 Å². The maximum Gasteiger partial charge on any atom is 0.227 e. The van der Waals surface area contributed by atoms with E-state index in [0.717, 1.165) is 5.56 Å². The highest BCUT2D eigenvalue weighted by Gasteiger charge is 2.13. The highest BCUT2D eigenvalue weighted by atomic mass is 16.3. The Balaban J connectivity index is 2.73. The number of carbonyl (C=O) groups excluding carboxylic acids is 1. The van der Waals surface area contributed by atoms with Gasteiger partial charge in [-0.2, -0.15) is 0 Å². The molecule has 0 bridgehead atoms. The van der Waals surface area contributed by atoms with Crippen LogP contribution in [0.25, 0.3) is 0 Å². The number of nitrogens with one attached hydrogen (secondary N) is 1. The molecule has 0 aliphatic rings. The molecule has 1 atom stereocenters. The molecule has 0 heterocycles. The van der Waals surface area contributed by atoms with Gasteiger partial charge in [0.05, 0.1) is 5.92 Å². The van der Waals surface area contributed by atoms with E-state index in [4.69, 9.17) is 5.11 Å². The van der Waals surface area contributed by atoms with Crippen LogP contribution in [0, 0.1) is 0 Å². The van der Waals surface area contributed by atoms with Gasteiger partial charge in [-0.15, -0.1) is 0 Å². The van der Waals surface area contributed by atoms with Crippen LogP contribution < -0.4 is 5.32 Å². The maximum atomic E-state index is 11.5. The largest absolute Gasteiger partial charge is 0.508 e. The zero-order valence-electron chi connectivity index (χ0n) is 8.45. The molecule has 0 fully saturated rings. The summed E-state index contributed by atoms with van der Waals surface area (Å²) in [6.07, 6.45) is 0. The summed E-state index contributed by atoms with van der Waals surface area (Å²) >= 11 is 0. The van der Waals surface area contributed by atoms with Crippen molar-refractivity contribution < 1.29 is 9.90 Å². The topological polar surface area (TPSA) is 49.3 Å². The molecule has 3 nitrogen and oxygen atoms in total. The molecule has 0 aliphatic heterocycles. The van der Waals surface area contributed by atoms with Gasteiger partial charge in [0.2, 0.25) is 5.91 Å². The van der Waals surface area contributed by atoms with E-state index >= 15 is 0 Å². The average molecular weight is 193 g/mol. The lowest BCUT2D eigenvalue weighted by atomic mass is 10.0. The van der Waals surface area contributed by atoms with Crippen LogP contribution in [-0.4, -0.2) is 17.6 Å². The molecule has 1 aromatic carbocycles. The maximum absolute atomic E-state index is 11.5. The number of amides is 1. The van der Waals surface area contributed by atoms with Crippen molar-refractivity contribution in [1.29, 1.82) is 0 Å². The molecule has 2 N–H and O–H groups in total. The lowest BCUT2D eigenvalue weighted by molar-refractivity contribution is -0.122. The van der Waals surface area contributed by atoms with Gasteiger partial charge in [-0.25, -0.2) is 0 Å². The van der Waals surface area contributed by atoms with Crippen LogP contribution in [0.4, 0.5) is 0 Å². The first-order valence-corrected chi connectivity index (χ1v) is 4.71. The fourth-order valence-corrected chi connectivity index (χ4v) is 1.24. The molecule has 76 valence electrons. The zero-order chi connectivity index (χ0) is 10.6. The Morgan fingerprint density at radius 3 is 2.50 bits per heavy atom. The Kier molecular flexibility index (Phi) is 3.51.